The first-order chi connectivity index (χ1) is 21.6. The van der Waals surface area contributed by atoms with Crippen LogP contribution >= 0.6 is 23.2 Å². The third-order valence-corrected chi connectivity index (χ3v) is 9.57. The maximum Gasteiger partial charge on any atom is 0.264 e. The predicted molar refractivity (Wildman–Crippen MR) is 178 cm³/mol. The Kier molecular flexibility index (Phi) is 11.9. The summed E-state index contributed by atoms with van der Waals surface area (Å²) < 4.78 is 34.4. The SMILES string of the molecule is CCCNC(=O)[C@H](Cc1ccccc1)N(Cc1ccccc1Cl)C(=O)CN(c1ccc(Cl)cc1)S(=O)(=O)c1ccc(OC)cc1. The molecule has 236 valence electrons. The van der Waals surface area contributed by atoms with Gasteiger partial charge in [-0.25, -0.2) is 8.42 Å². The van der Waals surface area contributed by atoms with E-state index in [4.69, 9.17) is 27.9 Å². The van der Waals surface area contributed by atoms with Gasteiger partial charge in [0.1, 0.15) is 18.3 Å². The molecular weight excluding hydrogens is 633 g/mol. The Balaban J connectivity index is 1.80. The molecule has 0 heterocycles. The summed E-state index contributed by atoms with van der Waals surface area (Å²) in [4.78, 5) is 29.5. The lowest BCUT2D eigenvalue weighted by Gasteiger charge is -2.34. The van der Waals surface area contributed by atoms with Gasteiger partial charge < -0.3 is 15.0 Å². The molecule has 0 aliphatic rings. The standard InChI is InChI=1S/C34H35Cl2N3O5S/c1-3-21-37-34(41)32(22-25-9-5-4-6-10-25)38(23-26-11-7-8-12-31(26)36)33(40)24-39(28-15-13-27(35)14-16-28)45(42,43)30-19-17-29(44-2)18-20-30/h4-20,32H,3,21-24H2,1-2H3,(H,37,41)/t32-/m0/s1. The molecule has 0 saturated carbocycles. The Morgan fingerprint density at radius 2 is 1.51 bits per heavy atom. The average Bonchev–Trinajstić information content (AvgIpc) is 3.05. The zero-order valence-electron chi connectivity index (χ0n) is 25.0. The summed E-state index contributed by atoms with van der Waals surface area (Å²) in [5, 5.41) is 3.75. The number of nitrogens with one attached hydrogen (secondary N) is 1. The summed E-state index contributed by atoms with van der Waals surface area (Å²) in [6, 6.07) is 27.5. The molecule has 1 N–H and O–H groups in total. The second kappa shape index (κ2) is 15.8. The minimum Gasteiger partial charge on any atom is -0.497 e. The van der Waals surface area contributed by atoms with Crippen LogP contribution in [-0.2, 0) is 32.6 Å². The Hall–Kier alpha value is -4.05. The molecule has 0 bridgehead atoms. The molecular formula is C34H35Cl2N3O5S. The second-order valence-electron chi connectivity index (χ2n) is 10.3. The molecule has 0 aliphatic carbocycles. The van der Waals surface area contributed by atoms with E-state index in [1.165, 1.54) is 48.4 Å². The molecule has 4 aromatic rings. The van der Waals surface area contributed by atoms with Crippen LogP contribution in [0.15, 0.2) is 108 Å². The first-order valence-electron chi connectivity index (χ1n) is 14.4. The molecule has 0 saturated heterocycles. The zero-order valence-corrected chi connectivity index (χ0v) is 27.4. The van der Waals surface area contributed by atoms with Gasteiger partial charge in [-0.1, -0.05) is 78.7 Å². The topological polar surface area (TPSA) is 96.0 Å². The van der Waals surface area contributed by atoms with Gasteiger partial charge in [0, 0.05) is 29.6 Å². The van der Waals surface area contributed by atoms with Crippen LogP contribution in [-0.4, -0.2) is 51.4 Å². The van der Waals surface area contributed by atoms with Crippen LogP contribution in [0.3, 0.4) is 0 Å². The molecule has 0 unspecified atom stereocenters. The fourth-order valence-corrected chi connectivity index (χ4v) is 6.48. The van der Waals surface area contributed by atoms with Crippen molar-refractivity contribution >= 4 is 50.7 Å². The van der Waals surface area contributed by atoms with Crippen molar-refractivity contribution < 1.29 is 22.7 Å². The minimum atomic E-state index is -4.26. The highest BCUT2D eigenvalue weighted by atomic mass is 35.5. The summed E-state index contributed by atoms with van der Waals surface area (Å²) >= 11 is 12.7. The number of methoxy groups -OCH3 is 1. The maximum absolute atomic E-state index is 14.4. The van der Waals surface area contributed by atoms with E-state index in [0.29, 0.717) is 34.3 Å². The van der Waals surface area contributed by atoms with Crippen LogP contribution in [0.25, 0.3) is 0 Å². The molecule has 0 aliphatic heterocycles. The number of hydrogen-bond acceptors (Lipinski definition) is 5. The molecule has 1 atom stereocenters. The van der Waals surface area contributed by atoms with E-state index in [-0.39, 0.29) is 29.5 Å². The lowest BCUT2D eigenvalue weighted by molar-refractivity contribution is -0.140. The third kappa shape index (κ3) is 8.78. The number of sulfonamides is 1. The van der Waals surface area contributed by atoms with Gasteiger partial charge in [-0.05, 0) is 72.1 Å². The molecule has 45 heavy (non-hydrogen) atoms. The van der Waals surface area contributed by atoms with Crippen molar-refractivity contribution in [3.05, 3.63) is 124 Å². The lowest BCUT2D eigenvalue weighted by Crippen LogP contribution is -2.53. The van der Waals surface area contributed by atoms with Gasteiger partial charge in [0.15, 0.2) is 0 Å². The largest absolute Gasteiger partial charge is 0.497 e. The average molecular weight is 669 g/mol. The number of carbonyl (C=O) groups excluding carboxylic acids is 2. The number of nitrogens with zero attached hydrogens (tertiary/aromatic N) is 2. The number of amides is 2. The second-order valence-corrected chi connectivity index (χ2v) is 13.0. The highest BCUT2D eigenvalue weighted by Gasteiger charge is 2.34. The number of anilines is 1. The fraction of sp³-hybridized carbons (Fsp3) is 0.235. The van der Waals surface area contributed by atoms with Gasteiger partial charge in [-0.3, -0.25) is 13.9 Å². The summed E-state index contributed by atoms with van der Waals surface area (Å²) in [5.74, 6) is -0.456. The molecule has 4 aromatic carbocycles. The van der Waals surface area contributed by atoms with E-state index in [2.05, 4.69) is 5.32 Å². The van der Waals surface area contributed by atoms with Gasteiger partial charge in [-0.2, -0.15) is 0 Å². The van der Waals surface area contributed by atoms with E-state index >= 15 is 0 Å². The summed E-state index contributed by atoms with van der Waals surface area (Å²) in [5.41, 5.74) is 1.69. The summed E-state index contributed by atoms with van der Waals surface area (Å²) in [6.45, 7) is 1.74. The van der Waals surface area contributed by atoms with Crippen LogP contribution in [0.1, 0.15) is 24.5 Å². The van der Waals surface area contributed by atoms with Crippen LogP contribution in [0.4, 0.5) is 5.69 Å². The van der Waals surface area contributed by atoms with Crippen molar-refractivity contribution in [2.75, 3.05) is 24.5 Å². The number of halogens is 2. The molecule has 0 radical (unpaired) electrons. The molecule has 0 spiro atoms. The molecule has 11 heteroatoms. The summed E-state index contributed by atoms with van der Waals surface area (Å²) in [6.07, 6.45) is 0.908. The quantitative estimate of drug-likeness (QED) is 0.169. The van der Waals surface area contributed by atoms with E-state index in [9.17, 15) is 18.0 Å². The minimum absolute atomic E-state index is 0.0212. The monoisotopic (exact) mass is 667 g/mol. The third-order valence-electron chi connectivity index (χ3n) is 7.16. The maximum atomic E-state index is 14.4. The molecule has 4 rings (SSSR count). The van der Waals surface area contributed by atoms with Crippen LogP contribution in [0, 0.1) is 0 Å². The van der Waals surface area contributed by atoms with E-state index in [1.807, 2.05) is 37.3 Å². The smallest absolute Gasteiger partial charge is 0.264 e. The van der Waals surface area contributed by atoms with E-state index in [0.717, 1.165) is 9.87 Å². The van der Waals surface area contributed by atoms with Crippen molar-refractivity contribution in [3.8, 4) is 5.75 Å². The van der Waals surface area contributed by atoms with Crippen molar-refractivity contribution in [3.63, 3.8) is 0 Å². The number of ether oxygens (including phenoxy) is 1. The van der Waals surface area contributed by atoms with Crippen molar-refractivity contribution in [2.45, 2.75) is 37.2 Å². The molecule has 0 aromatic heterocycles. The van der Waals surface area contributed by atoms with Crippen LogP contribution in [0.5, 0.6) is 5.75 Å². The highest BCUT2D eigenvalue weighted by molar-refractivity contribution is 7.92. The predicted octanol–water partition coefficient (Wildman–Crippen LogP) is 6.36. The fourth-order valence-electron chi connectivity index (χ4n) is 4.74. The molecule has 0 fully saturated rings. The lowest BCUT2D eigenvalue weighted by atomic mass is 10.0. The van der Waals surface area contributed by atoms with Gasteiger partial charge in [0.05, 0.1) is 17.7 Å². The van der Waals surface area contributed by atoms with E-state index < -0.39 is 28.5 Å². The summed E-state index contributed by atoms with van der Waals surface area (Å²) in [7, 11) is -2.78. The number of benzene rings is 4. The van der Waals surface area contributed by atoms with Crippen LogP contribution < -0.4 is 14.4 Å². The Morgan fingerprint density at radius 3 is 2.13 bits per heavy atom. The first-order valence-corrected chi connectivity index (χ1v) is 16.6. The molecule has 2 amide bonds. The number of rotatable bonds is 14. The van der Waals surface area contributed by atoms with Gasteiger partial charge in [0.25, 0.3) is 10.0 Å². The van der Waals surface area contributed by atoms with Crippen molar-refractivity contribution in [1.82, 2.24) is 10.2 Å². The number of hydrogen-bond donors (Lipinski definition) is 1. The highest BCUT2D eigenvalue weighted by Crippen LogP contribution is 2.28. The first kappa shape index (κ1) is 33.8. The van der Waals surface area contributed by atoms with Crippen molar-refractivity contribution in [1.29, 1.82) is 0 Å². The number of carbonyl (C=O) groups is 2. The van der Waals surface area contributed by atoms with Gasteiger partial charge >= 0.3 is 0 Å². The molecule has 8 nitrogen and oxygen atoms in total. The normalized spacial score (nSPS) is 11.8. The Bertz CT molecular complexity index is 1690. The Labute approximate surface area is 274 Å². The van der Waals surface area contributed by atoms with Crippen LogP contribution in [0.2, 0.25) is 10.0 Å². The Morgan fingerprint density at radius 1 is 0.867 bits per heavy atom. The van der Waals surface area contributed by atoms with Gasteiger partial charge in [0.2, 0.25) is 11.8 Å². The zero-order chi connectivity index (χ0) is 32.4. The van der Waals surface area contributed by atoms with Gasteiger partial charge in [-0.15, -0.1) is 0 Å². The van der Waals surface area contributed by atoms with E-state index in [1.54, 1.807) is 36.4 Å². The van der Waals surface area contributed by atoms with Crippen molar-refractivity contribution in [2.24, 2.45) is 0 Å².